The van der Waals surface area contributed by atoms with Crippen molar-refractivity contribution in [3.8, 4) is 5.69 Å². The third kappa shape index (κ3) is 5.05. The Morgan fingerprint density at radius 2 is 2.26 bits per heavy atom. The molecule has 8 nitrogen and oxygen atoms in total. The fourth-order valence-corrected chi connectivity index (χ4v) is 3.36. The largest absolute Gasteiger partial charge is 0.466 e. The number of likely N-dealkylation sites (tertiary alicyclic amines) is 1. The van der Waals surface area contributed by atoms with Gasteiger partial charge in [0.15, 0.2) is 0 Å². The zero-order valence-corrected chi connectivity index (χ0v) is 15.9. The summed E-state index contributed by atoms with van der Waals surface area (Å²) in [6.07, 6.45) is 4.62. The number of nitrogens with one attached hydrogen (secondary N) is 1. The summed E-state index contributed by atoms with van der Waals surface area (Å²) < 4.78 is 6.66. The molecule has 0 bridgehead atoms. The van der Waals surface area contributed by atoms with Gasteiger partial charge in [-0.1, -0.05) is 11.6 Å². The van der Waals surface area contributed by atoms with Crippen LogP contribution in [-0.4, -0.2) is 57.8 Å². The Balaban J connectivity index is 1.64. The first kappa shape index (κ1) is 19.3. The highest BCUT2D eigenvalue weighted by atomic mass is 35.5. The maximum Gasteiger partial charge on any atom is 0.310 e. The molecule has 2 heterocycles. The minimum atomic E-state index is -0.189. The number of carbonyl (C=O) groups excluding carboxylic acids is 2. The molecule has 2 aromatic rings. The predicted molar refractivity (Wildman–Crippen MR) is 101 cm³/mol. The minimum Gasteiger partial charge on any atom is -0.466 e. The normalized spacial score (nSPS) is 17.5. The van der Waals surface area contributed by atoms with Crippen LogP contribution in [-0.2, 0) is 14.3 Å². The molecule has 1 aromatic carbocycles. The summed E-state index contributed by atoms with van der Waals surface area (Å²) in [5.41, 5.74) is 1.23. The number of benzene rings is 1. The molecule has 0 aliphatic carbocycles. The van der Waals surface area contributed by atoms with E-state index in [0.717, 1.165) is 19.4 Å². The Labute approximate surface area is 162 Å². The van der Waals surface area contributed by atoms with E-state index in [-0.39, 0.29) is 24.3 Å². The highest BCUT2D eigenvalue weighted by Gasteiger charge is 2.27. The van der Waals surface area contributed by atoms with E-state index < -0.39 is 0 Å². The third-order valence-corrected chi connectivity index (χ3v) is 4.63. The lowest BCUT2D eigenvalue weighted by molar-refractivity contribution is -0.150. The second-order valence-electron chi connectivity index (χ2n) is 6.38. The first-order valence-electron chi connectivity index (χ1n) is 8.90. The van der Waals surface area contributed by atoms with Gasteiger partial charge < -0.3 is 10.1 Å². The Morgan fingerprint density at radius 1 is 1.41 bits per heavy atom. The van der Waals surface area contributed by atoms with E-state index in [1.165, 1.54) is 6.33 Å². The summed E-state index contributed by atoms with van der Waals surface area (Å²) >= 11 is 6.08. The topological polar surface area (TPSA) is 89.4 Å². The van der Waals surface area contributed by atoms with Crippen molar-refractivity contribution in [3.63, 3.8) is 0 Å². The Kier molecular flexibility index (Phi) is 6.41. The number of halogens is 1. The van der Waals surface area contributed by atoms with Crippen LogP contribution in [0.5, 0.6) is 0 Å². The van der Waals surface area contributed by atoms with Gasteiger partial charge in [-0.05, 0) is 44.5 Å². The molecule has 1 unspecified atom stereocenters. The number of hydrogen-bond acceptors (Lipinski definition) is 6. The molecule has 1 amide bonds. The number of hydrogen-bond donors (Lipinski definition) is 1. The maximum absolute atomic E-state index is 12.6. The van der Waals surface area contributed by atoms with Gasteiger partial charge in [0.05, 0.1) is 30.4 Å². The van der Waals surface area contributed by atoms with E-state index in [1.807, 2.05) is 4.90 Å². The van der Waals surface area contributed by atoms with Gasteiger partial charge in [0.2, 0.25) is 5.91 Å². The Morgan fingerprint density at radius 3 is 3.00 bits per heavy atom. The summed E-state index contributed by atoms with van der Waals surface area (Å²) in [5, 5.41) is 7.49. The molecule has 0 radical (unpaired) electrons. The number of rotatable bonds is 6. The molecule has 27 heavy (non-hydrogen) atoms. The van der Waals surface area contributed by atoms with Crippen LogP contribution in [0.4, 0.5) is 5.69 Å². The number of piperidine rings is 1. The molecule has 0 saturated carbocycles. The molecule has 1 N–H and O–H groups in total. The third-order valence-electron chi connectivity index (χ3n) is 4.39. The number of aromatic nitrogens is 3. The Hall–Kier alpha value is -2.45. The van der Waals surface area contributed by atoms with Gasteiger partial charge in [-0.15, -0.1) is 0 Å². The fraction of sp³-hybridized carbons (Fsp3) is 0.444. The average Bonchev–Trinajstić information content (AvgIpc) is 3.16. The van der Waals surface area contributed by atoms with E-state index in [1.54, 1.807) is 36.1 Å². The zero-order valence-electron chi connectivity index (χ0n) is 15.1. The molecule has 9 heteroatoms. The molecule has 1 fully saturated rings. The average molecular weight is 392 g/mol. The number of carbonyl (C=O) groups is 2. The standard InChI is InChI=1S/C18H22ClN5O3/c1-2-27-18(26)13-4-3-7-23(9-13)10-17(25)22-15-8-14(19)5-6-16(15)24-12-20-11-21-24/h5-6,8,11-13H,2-4,7,9-10H2,1H3,(H,22,25). The van der Waals surface area contributed by atoms with Crippen LogP contribution >= 0.6 is 11.6 Å². The van der Waals surface area contributed by atoms with Gasteiger partial charge in [-0.3, -0.25) is 14.5 Å². The first-order valence-corrected chi connectivity index (χ1v) is 9.28. The number of esters is 1. The van der Waals surface area contributed by atoms with Gasteiger partial charge in [0, 0.05) is 11.6 Å². The minimum absolute atomic E-state index is 0.177. The highest BCUT2D eigenvalue weighted by Crippen LogP contribution is 2.24. The van der Waals surface area contributed by atoms with Crippen molar-refractivity contribution < 1.29 is 14.3 Å². The molecule has 3 rings (SSSR count). The van der Waals surface area contributed by atoms with E-state index in [4.69, 9.17) is 16.3 Å². The molecule has 1 aromatic heterocycles. The highest BCUT2D eigenvalue weighted by molar-refractivity contribution is 6.31. The van der Waals surface area contributed by atoms with E-state index >= 15 is 0 Å². The van der Waals surface area contributed by atoms with E-state index in [2.05, 4.69) is 15.4 Å². The number of anilines is 1. The zero-order chi connectivity index (χ0) is 19.2. The number of amides is 1. The smallest absolute Gasteiger partial charge is 0.310 e. The lowest BCUT2D eigenvalue weighted by atomic mass is 9.98. The van der Waals surface area contributed by atoms with E-state index in [0.29, 0.717) is 29.5 Å². The van der Waals surface area contributed by atoms with Crippen molar-refractivity contribution in [2.45, 2.75) is 19.8 Å². The molecule has 1 aliphatic heterocycles. The first-order chi connectivity index (χ1) is 13.1. The van der Waals surface area contributed by atoms with Crippen molar-refractivity contribution in [2.75, 3.05) is 31.6 Å². The molecule has 144 valence electrons. The van der Waals surface area contributed by atoms with Crippen molar-refractivity contribution in [3.05, 3.63) is 35.9 Å². The molecule has 1 aliphatic rings. The van der Waals surface area contributed by atoms with Gasteiger partial charge in [0.25, 0.3) is 0 Å². The van der Waals surface area contributed by atoms with Gasteiger partial charge in [0.1, 0.15) is 12.7 Å². The van der Waals surface area contributed by atoms with Gasteiger partial charge in [-0.2, -0.15) is 5.10 Å². The van der Waals surface area contributed by atoms with E-state index in [9.17, 15) is 9.59 Å². The van der Waals surface area contributed by atoms with Crippen molar-refractivity contribution in [2.24, 2.45) is 5.92 Å². The quantitative estimate of drug-likeness (QED) is 0.759. The monoisotopic (exact) mass is 391 g/mol. The summed E-state index contributed by atoms with van der Waals surface area (Å²) in [6.45, 7) is 3.66. The summed E-state index contributed by atoms with van der Waals surface area (Å²) in [4.78, 5) is 30.4. The van der Waals surface area contributed by atoms with Crippen LogP contribution < -0.4 is 5.32 Å². The number of nitrogens with zero attached hydrogens (tertiary/aromatic N) is 4. The van der Waals surface area contributed by atoms with Gasteiger partial charge in [-0.25, -0.2) is 9.67 Å². The van der Waals surface area contributed by atoms with Crippen LogP contribution in [0.1, 0.15) is 19.8 Å². The second-order valence-corrected chi connectivity index (χ2v) is 6.81. The molecule has 1 atom stereocenters. The number of ether oxygens (including phenoxy) is 1. The Bertz CT molecular complexity index is 796. The van der Waals surface area contributed by atoms with Crippen LogP contribution in [0.25, 0.3) is 5.69 Å². The van der Waals surface area contributed by atoms with Crippen LogP contribution in [0.3, 0.4) is 0 Å². The summed E-state index contributed by atoms with van der Waals surface area (Å²) in [7, 11) is 0. The van der Waals surface area contributed by atoms with Crippen LogP contribution in [0, 0.1) is 5.92 Å². The lowest BCUT2D eigenvalue weighted by Crippen LogP contribution is -2.43. The molecule has 0 spiro atoms. The van der Waals surface area contributed by atoms with Crippen molar-refractivity contribution in [1.82, 2.24) is 19.7 Å². The second kappa shape index (κ2) is 8.96. The maximum atomic E-state index is 12.6. The lowest BCUT2D eigenvalue weighted by Gasteiger charge is -2.30. The summed E-state index contributed by atoms with van der Waals surface area (Å²) in [5.74, 6) is -0.544. The van der Waals surface area contributed by atoms with Crippen molar-refractivity contribution in [1.29, 1.82) is 0 Å². The SMILES string of the molecule is CCOC(=O)C1CCCN(CC(=O)Nc2cc(Cl)ccc2-n2cncn2)C1. The molecular weight excluding hydrogens is 370 g/mol. The molecular formula is C18H22ClN5O3. The predicted octanol–water partition coefficient (Wildman–Crippen LogP) is 2.13. The van der Waals surface area contributed by atoms with Crippen LogP contribution in [0.15, 0.2) is 30.9 Å². The van der Waals surface area contributed by atoms with Gasteiger partial charge >= 0.3 is 5.97 Å². The van der Waals surface area contributed by atoms with Crippen molar-refractivity contribution >= 4 is 29.2 Å². The summed E-state index contributed by atoms with van der Waals surface area (Å²) in [6, 6.07) is 5.17. The molecule has 1 saturated heterocycles. The fourth-order valence-electron chi connectivity index (χ4n) is 3.19. The van der Waals surface area contributed by atoms with Crippen LogP contribution in [0.2, 0.25) is 5.02 Å².